The van der Waals surface area contributed by atoms with Crippen LogP contribution in [0.4, 0.5) is 5.69 Å². The zero-order chi connectivity index (χ0) is 20.1. The number of carbonyl (C=O) groups excluding carboxylic acids is 1. The third kappa shape index (κ3) is 4.76. The molecule has 2 aromatic rings. The molecule has 3 N–H and O–H groups in total. The van der Waals surface area contributed by atoms with Crippen LogP contribution in [0.3, 0.4) is 0 Å². The molecule has 7 heteroatoms. The number of nitrogen functional groups attached to an aromatic ring is 1. The molecule has 1 amide bonds. The molecular weight excluding hydrogens is 378 g/mol. The number of anilines is 1. The summed E-state index contributed by atoms with van der Waals surface area (Å²) in [6.07, 6.45) is -0.0842. The van der Waals surface area contributed by atoms with Crippen molar-refractivity contribution in [3.05, 3.63) is 58.6 Å². The third-order valence-corrected chi connectivity index (χ3v) is 5.38. The van der Waals surface area contributed by atoms with Gasteiger partial charge >= 0.3 is 0 Å². The molecule has 1 fully saturated rings. The number of morpholine rings is 1. The van der Waals surface area contributed by atoms with E-state index in [1.807, 2.05) is 6.07 Å². The number of nitrogens with two attached hydrogens (primary N) is 1. The molecule has 0 bridgehead atoms. The van der Waals surface area contributed by atoms with E-state index in [1.54, 1.807) is 6.07 Å². The van der Waals surface area contributed by atoms with Gasteiger partial charge in [-0.1, -0.05) is 41.9 Å². The number of hydrogen-bond donors (Lipinski definition) is 2. The fourth-order valence-corrected chi connectivity index (χ4v) is 3.54. The Hall–Kier alpha value is -2.28. The summed E-state index contributed by atoms with van der Waals surface area (Å²) >= 11 is 6.06. The molecule has 150 valence electrons. The maximum Gasteiger partial charge on any atom is 0.255 e. The summed E-state index contributed by atoms with van der Waals surface area (Å²) in [7, 11) is 1.49. The van der Waals surface area contributed by atoms with Crippen LogP contribution in [0.1, 0.15) is 28.9 Å². The lowest BCUT2D eigenvalue weighted by Gasteiger charge is -2.37. The molecule has 28 heavy (non-hydrogen) atoms. The summed E-state index contributed by atoms with van der Waals surface area (Å²) < 4.78 is 11.1. The van der Waals surface area contributed by atoms with Gasteiger partial charge in [-0.2, -0.15) is 0 Å². The molecule has 2 aromatic carbocycles. The standard InChI is InChI=1S/C21H26ClN3O3/c1-14(15-6-4-3-5-7-15)25-8-9-28-16(13-25)12-24-21(26)17-10-18(22)19(23)11-20(17)27-2/h3-7,10-11,14,16H,8-9,12-13,23H2,1-2H3,(H,24,26). The Morgan fingerprint density at radius 2 is 2.14 bits per heavy atom. The van der Waals surface area contributed by atoms with Crippen molar-refractivity contribution in [2.24, 2.45) is 0 Å². The number of amides is 1. The molecule has 1 heterocycles. The first-order valence-corrected chi connectivity index (χ1v) is 9.69. The molecule has 1 aliphatic heterocycles. The summed E-state index contributed by atoms with van der Waals surface area (Å²) in [5.74, 6) is 0.124. The highest BCUT2D eigenvalue weighted by atomic mass is 35.5. The fourth-order valence-electron chi connectivity index (χ4n) is 3.38. The van der Waals surface area contributed by atoms with E-state index in [4.69, 9.17) is 26.8 Å². The van der Waals surface area contributed by atoms with Crippen LogP contribution < -0.4 is 15.8 Å². The predicted molar refractivity (Wildman–Crippen MR) is 111 cm³/mol. The van der Waals surface area contributed by atoms with E-state index in [-0.39, 0.29) is 12.0 Å². The average Bonchev–Trinajstić information content (AvgIpc) is 2.73. The average molecular weight is 404 g/mol. The van der Waals surface area contributed by atoms with Crippen molar-refractivity contribution in [3.8, 4) is 5.75 Å². The lowest BCUT2D eigenvalue weighted by atomic mass is 10.1. The van der Waals surface area contributed by atoms with Crippen LogP contribution in [0, 0.1) is 0 Å². The SMILES string of the molecule is COc1cc(N)c(Cl)cc1C(=O)NCC1CN(C(C)c2ccccc2)CCO1. The first kappa shape index (κ1) is 20.5. The number of carbonyl (C=O) groups is 1. The number of halogens is 1. The zero-order valence-corrected chi connectivity index (χ0v) is 16.9. The second-order valence-electron chi connectivity index (χ2n) is 6.86. The minimum absolute atomic E-state index is 0.0842. The quantitative estimate of drug-likeness (QED) is 0.724. The number of nitrogens with zero attached hydrogens (tertiary/aromatic N) is 1. The summed E-state index contributed by atoms with van der Waals surface area (Å²) in [5, 5.41) is 3.24. The van der Waals surface area contributed by atoms with Crippen molar-refractivity contribution < 1.29 is 14.3 Å². The molecule has 2 unspecified atom stereocenters. The Kier molecular flexibility index (Phi) is 6.78. The number of methoxy groups -OCH3 is 1. The minimum atomic E-state index is -0.268. The van der Waals surface area contributed by atoms with Gasteiger partial charge in [-0.05, 0) is 18.6 Å². The summed E-state index contributed by atoms with van der Waals surface area (Å²) in [5.41, 5.74) is 7.78. The van der Waals surface area contributed by atoms with Crippen molar-refractivity contribution >= 4 is 23.2 Å². The number of benzene rings is 2. The van der Waals surface area contributed by atoms with Gasteiger partial charge in [0, 0.05) is 31.7 Å². The van der Waals surface area contributed by atoms with E-state index in [2.05, 4.69) is 41.4 Å². The lowest BCUT2D eigenvalue weighted by Crippen LogP contribution is -2.48. The van der Waals surface area contributed by atoms with E-state index < -0.39 is 0 Å². The Morgan fingerprint density at radius 1 is 1.39 bits per heavy atom. The molecule has 0 spiro atoms. The largest absolute Gasteiger partial charge is 0.496 e. The summed E-state index contributed by atoms with van der Waals surface area (Å²) in [4.78, 5) is 15.0. The van der Waals surface area contributed by atoms with Crippen LogP contribution in [-0.2, 0) is 4.74 Å². The Bertz CT molecular complexity index is 816. The van der Waals surface area contributed by atoms with E-state index in [9.17, 15) is 4.79 Å². The van der Waals surface area contributed by atoms with E-state index in [0.717, 1.165) is 13.1 Å². The second kappa shape index (κ2) is 9.28. The molecular formula is C21H26ClN3O3. The molecule has 0 aliphatic carbocycles. The number of ether oxygens (including phenoxy) is 2. The van der Waals surface area contributed by atoms with E-state index >= 15 is 0 Å². The van der Waals surface area contributed by atoms with Gasteiger partial charge in [0.1, 0.15) is 5.75 Å². The van der Waals surface area contributed by atoms with Crippen LogP contribution in [0.15, 0.2) is 42.5 Å². The topological polar surface area (TPSA) is 76.8 Å². The minimum Gasteiger partial charge on any atom is -0.496 e. The molecule has 6 nitrogen and oxygen atoms in total. The van der Waals surface area contributed by atoms with Gasteiger partial charge in [-0.3, -0.25) is 9.69 Å². The van der Waals surface area contributed by atoms with Crippen molar-refractivity contribution in [1.29, 1.82) is 0 Å². The highest BCUT2D eigenvalue weighted by molar-refractivity contribution is 6.33. The van der Waals surface area contributed by atoms with Crippen molar-refractivity contribution in [1.82, 2.24) is 10.2 Å². The smallest absolute Gasteiger partial charge is 0.255 e. The molecule has 0 aromatic heterocycles. The maximum absolute atomic E-state index is 12.6. The van der Waals surface area contributed by atoms with Crippen LogP contribution in [0.25, 0.3) is 0 Å². The van der Waals surface area contributed by atoms with Crippen LogP contribution in [-0.4, -0.2) is 50.3 Å². The van der Waals surface area contributed by atoms with Gasteiger partial charge in [-0.15, -0.1) is 0 Å². The predicted octanol–water partition coefficient (Wildman–Crippen LogP) is 3.12. The highest BCUT2D eigenvalue weighted by Crippen LogP contribution is 2.29. The van der Waals surface area contributed by atoms with Gasteiger partial charge in [0.2, 0.25) is 0 Å². The van der Waals surface area contributed by atoms with Gasteiger partial charge in [-0.25, -0.2) is 0 Å². The Morgan fingerprint density at radius 3 is 2.86 bits per heavy atom. The van der Waals surface area contributed by atoms with Gasteiger partial charge in [0.15, 0.2) is 0 Å². The zero-order valence-electron chi connectivity index (χ0n) is 16.2. The molecule has 0 saturated carbocycles. The molecule has 1 aliphatic rings. The number of hydrogen-bond acceptors (Lipinski definition) is 5. The summed E-state index contributed by atoms with van der Waals surface area (Å²) in [6, 6.07) is 13.8. The van der Waals surface area contributed by atoms with Gasteiger partial charge in [0.25, 0.3) is 5.91 Å². The van der Waals surface area contributed by atoms with Gasteiger partial charge in [0.05, 0.1) is 36.1 Å². The van der Waals surface area contributed by atoms with E-state index in [1.165, 1.54) is 18.7 Å². The third-order valence-electron chi connectivity index (χ3n) is 5.05. The van der Waals surface area contributed by atoms with Gasteiger partial charge < -0.3 is 20.5 Å². The fraction of sp³-hybridized carbons (Fsp3) is 0.381. The molecule has 0 radical (unpaired) electrons. The number of nitrogens with one attached hydrogen (secondary N) is 1. The summed E-state index contributed by atoms with van der Waals surface area (Å²) in [6.45, 7) is 4.84. The Balaban J connectivity index is 1.60. The van der Waals surface area contributed by atoms with Crippen molar-refractivity contribution in [3.63, 3.8) is 0 Å². The normalized spacial score (nSPS) is 18.5. The first-order chi connectivity index (χ1) is 13.5. The van der Waals surface area contributed by atoms with Crippen LogP contribution >= 0.6 is 11.6 Å². The van der Waals surface area contributed by atoms with Crippen LogP contribution in [0.5, 0.6) is 5.75 Å². The van der Waals surface area contributed by atoms with Crippen molar-refractivity contribution in [2.75, 3.05) is 39.1 Å². The lowest BCUT2D eigenvalue weighted by molar-refractivity contribution is -0.0393. The maximum atomic E-state index is 12.6. The first-order valence-electron chi connectivity index (χ1n) is 9.31. The Labute approximate surface area is 170 Å². The second-order valence-corrected chi connectivity index (χ2v) is 7.27. The van der Waals surface area contributed by atoms with Crippen LogP contribution in [0.2, 0.25) is 5.02 Å². The highest BCUT2D eigenvalue weighted by Gasteiger charge is 2.25. The van der Waals surface area contributed by atoms with Crippen molar-refractivity contribution in [2.45, 2.75) is 19.1 Å². The number of rotatable bonds is 6. The molecule has 3 rings (SSSR count). The molecule has 2 atom stereocenters. The van der Waals surface area contributed by atoms with E-state index in [0.29, 0.717) is 41.2 Å². The monoisotopic (exact) mass is 403 g/mol. The molecule has 1 saturated heterocycles.